The Bertz CT molecular complexity index is 789. The number of unbranched alkanes of at least 4 members (excludes halogenated alkanes) is 1. The van der Waals surface area contributed by atoms with E-state index in [1.165, 1.54) is 0 Å². The maximum atomic E-state index is 13.1. The molecule has 3 rings (SSSR count). The van der Waals surface area contributed by atoms with Crippen molar-refractivity contribution in [3.8, 4) is 0 Å². The highest BCUT2D eigenvalue weighted by Crippen LogP contribution is 2.46. The second kappa shape index (κ2) is 7.79. The molecule has 1 heterocycles. The van der Waals surface area contributed by atoms with Gasteiger partial charge in [-0.25, -0.2) is 4.79 Å². The number of Topliss-reactive ketones (excluding diaryl/α,β-unsaturated/α-hetero) is 1. The number of ketones is 1. The van der Waals surface area contributed by atoms with E-state index in [0.29, 0.717) is 24.3 Å². The van der Waals surface area contributed by atoms with Crippen LogP contribution in [0.2, 0.25) is 0 Å². The lowest BCUT2D eigenvalue weighted by Crippen LogP contribution is -2.44. The third kappa shape index (κ3) is 4.05. The maximum absolute atomic E-state index is 13.1. The minimum absolute atomic E-state index is 0.0902. The molecule has 2 atom stereocenters. The van der Waals surface area contributed by atoms with Gasteiger partial charge in [0.25, 0.3) is 0 Å². The van der Waals surface area contributed by atoms with E-state index in [1.54, 1.807) is 0 Å². The summed E-state index contributed by atoms with van der Waals surface area (Å²) in [5.74, 6) is -0.838. The van der Waals surface area contributed by atoms with E-state index in [0.717, 1.165) is 30.5 Å². The van der Waals surface area contributed by atoms with Gasteiger partial charge in [0, 0.05) is 23.7 Å². The molecular formula is C23H29NO3. The van der Waals surface area contributed by atoms with Crippen molar-refractivity contribution in [2.75, 3.05) is 6.61 Å². The summed E-state index contributed by atoms with van der Waals surface area (Å²) in [6, 6.07) is 9.84. The summed E-state index contributed by atoms with van der Waals surface area (Å²) >= 11 is 0. The average Bonchev–Trinajstić information content (AvgIpc) is 2.60. The number of rotatable bonds is 5. The molecule has 0 saturated heterocycles. The molecule has 0 N–H and O–H groups in total. The Hall–Kier alpha value is -2.23. The number of carbonyl (C=O) groups is 2. The molecular weight excluding hydrogens is 338 g/mol. The maximum Gasteiger partial charge on any atom is 0.336 e. The first kappa shape index (κ1) is 19.5. The quantitative estimate of drug-likeness (QED) is 0.552. The fourth-order valence-corrected chi connectivity index (χ4v) is 4.27. The zero-order valence-electron chi connectivity index (χ0n) is 16.7. The molecule has 1 aliphatic carbocycles. The smallest absolute Gasteiger partial charge is 0.336 e. The van der Waals surface area contributed by atoms with E-state index in [4.69, 9.17) is 9.73 Å². The van der Waals surface area contributed by atoms with E-state index in [1.807, 2.05) is 37.3 Å². The van der Waals surface area contributed by atoms with Crippen LogP contribution in [0.3, 0.4) is 0 Å². The number of benzene rings is 1. The third-order valence-corrected chi connectivity index (χ3v) is 5.47. The minimum atomic E-state index is -0.363. The minimum Gasteiger partial charge on any atom is -0.462 e. The molecule has 4 heteroatoms. The van der Waals surface area contributed by atoms with Crippen molar-refractivity contribution in [2.24, 2.45) is 16.3 Å². The van der Waals surface area contributed by atoms with Crippen molar-refractivity contribution in [2.45, 2.75) is 59.3 Å². The first-order valence-corrected chi connectivity index (χ1v) is 9.87. The number of carbonyl (C=O) groups excluding carboxylic acids is 2. The highest BCUT2D eigenvalue weighted by atomic mass is 16.5. The van der Waals surface area contributed by atoms with Crippen LogP contribution >= 0.6 is 0 Å². The Morgan fingerprint density at radius 2 is 1.89 bits per heavy atom. The van der Waals surface area contributed by atoms with Crippen molar-refractivity contribution < 1.29 is 14.3 Å². The van der Waals surface area contributed by atoms with Gasteiger partial charge in [-0.2, -0.15) is 0 Å². The highest BCUT2D eigenvalue weighted by Gasteiger charge is 2.47. The molecule has 0 bridgehead atoms. The molecule has 0 spiro atoms. The van der Waals surface area contributed by atoms with E-state index < -0.39 is 0 Å². The number of hydrogen-bond acceptors (Lipinski definition) is 4. The van der Waals surface area contributed by atoms with Crippen LogP contribution in [0.5, 0.6) is 0 Å². The van der Waals surface area contributed by atoms with E-state index in [9.17, 15) is 9.59 Å². The van der Waals surface area contributed by atoms with Crippen LogP contribution in [-0.4, -0.2) is 24.1 Å². The van der Waals surface area contributed by atoms with Gasteiger partial charge in [-0.15, -0.1) is 0 Å². The number of nitrogens with zero attached hydrogens (tertiary/aromatic N) is 1. The van der Waals surface area contributed by atoms with Crippen LogP contribution in [0.25, 0.3) is 0 Å². The summed E-state index contributed by atoms with van der Waals surface area (Å²) in [7, 11) is 0. The number of aliphatic imine (C=N–C) groups is 1. The molecule has 27 heavy (non-hydrogen) atoms. The van der Waals surface area contributed by atoms with E-state index >= 15 is 0 Å². The fourth-order valence-electron chi connectivity index (χ4n) is 4.27. The molecule has 1 aromatic carbocycles. The average molecular weight is 367 g/mol. The standard InChI is InChI=1S/C23H29NO3/c1-5-6-12-27-22(26)19-15(2)24-17-13-23(3,4)14-18(25)21(17)20(19)16-10-8-7-9-11-16/h7-11,20-21H,5-6,12-14H2,1-4H3/t20-,21-/m0/s1. The van der Waals surface area contributed by atoms with Crippen molar-refractivity contribution in [1.29, 1.82) is 0 Å². The Labute approximate surface area is 161 Å². The van der Waals surface area contributed by atoms with Crippen LogP contribution in [-0.2, 0) is 14.3 Å². The lowest BCUT2D eigenvalue weighted by atomic mass is 9.63. The molecule has 0 unspecified atom stereocenters. The van der Waals surface area contributed by atoms with Crippen molar-refractivity contribution in [3.05, 3.63) is 47.2 Å². The molecule has 0 amide bonds. The predicted molar refractivity (Wildman–Crippen MR) is 107 cm³/mol. The largest absolute Gasteiger partial charge is 0.462 e. The van der Waals surface area contributed by atoms with Gasteiger partial charge in [-0.1, -0.05) is 57.5 Å². The molecule has 1 aliphatic heterocycles. The molecule has 4 nitrogen and oxygen atoms in total. The van der Waals surface area contributed by atoms with Crippen LogP contribution in [0, 0.1) is 11.3 Å². The Kier molecular flexibility index (Phi) is 5.64. The molecule has 0 radical (unpaired) electrons. The second-order valence-electron chi connectivity index (χ2n) is 8.44. The number of hydrogen-bond donors (Lipinski definition) is 0. The van der Waals surface area contributed by atoms with Crippen LogP contribution in [0.4, 0.5) is 0 Å². The van der Waals surface area contributed by atoms with Crippen LogP contribution < -0.4 is 0 Å². The van der Waals surface area contributed by atoms with Gasteiger partial charge in [0.2, 0.25) is 0 Å². The Morgan fingerprint density at radius 1 is 1.19 bits per heavy atom. The summed E-state index contributed by atoms with van der Waals surface area (Å²) in [5, 5.41) is 0. The van der Waals surface area contributed by atoms with Gasteiger partial charge in [-0.3, -0.25) is 9.79 Å². The van der Waals surface area contributed by atoms with Gasteiger partial charge in [-0.05, 0) is 30.7 Å². The number of ether oxygens (including phenoxy) is 1. The first-order valence-electron chi connectivity index (χ1n) is 9.87. The summed E-state index contributed by atoms with van der Waals surface area (Å²) in [4.78, 5) is 30.8. The Balaban J connectivity index is 2.06. The summed E-state index contributed by atoms with van der Waals surface area (Å²) in [6.07, 6.45) is 3.09. The zero-order valence-corrected chi connectivity index (χ0v) is 16.7. The number of allylic oxidation sites excluding steroid dienone is 1. The second-order valence-corrected chi connectivity index (χ2v) is 8.44. The van der Waals surface area contributed by atoms with Crippen molar-refractivity contribution in [3.63, 3.8) is 0 Å². The first-order chi connectivity index (χ1) is 12.8. The van der Waals surface area contributed by atoms with E-state index in [2.05, 4.69) is 20.8 Å². The lowest BCUT2D eigenvalue weighted by Gasteiger charge is -2.41. The monoisotopic (exact) mass is 367 g/mol. The topological polar surface area (TPSA) is 55.7 Å². The van der Waals surface area contributed by atoms with Gasteiger partial charge >= 0.3 is 5.97 Å². The molecule has 1 aromatic rings. The van der Waals surface area contributed by atoms with Crippen molar-refractivity contribution in [1.82, 2.24) is 0 Å². The Morgan fingerprint density at radius 3 is 2.56 bits per heavy atom. The lowest BCUT2D eigenvalue weighted by molar-refractivity contribution is -0.139. The van der Waals surface area contributed by atoms with Gasteiger partial charge < -0.3 is 4.74 Å². The molecule has 1 saturated carbocycles. The van der Waals surface area contributed by atoms with E-state index in [-0.39, 0.29) is 29.0 Å². The SMILES string of the molecule is CCCCOC(=O)C1=C(C)N=C2CC(C)(C)CC(=O)[C@H]2[C@H]1c1ccccc1. The predicted octanol–water partition coefficient (Wildman–Crippen LogP) is 4.85. The van der Waals surface area contributed by atoms with Crippen LogP contribution in [0.1, 0.15) is 64.9 Å². The zero-order chi connectivity index (χ0) is 19.6. The molecule has 144 valence electrons. The molecule has 2 aliphatic rings. The summed E-state index contributed by atoms with van der Waals surface area (Å²) in [5.41, 5.74) is 3.02. The molecule has 1 fully saturated rings. The van der Waals surface area contributed by atoms with Crippen LogP contribution in [0.15, 0.2) is 46.6 Å². The number of esters is 1. The fraction of sp³-hybridized carbons (Fsp3) is 0.522. The summed E-state index contributed by atoms with van der Waals surface area (Å²) < 4.78 is 5.52. The highest BCUT2D eigenvalue weighted by molar-refractivity contribution is 6.12. The molecule has 0 aromatic heterocycles. The number of fused-ring (bicyclic) bond motifs is 1. The third-order valence-electron chi connectivity index (χ3n) is 5.47. The summed E-state index contributed by atoms with van der Waals surface area (Å²) in [6.45, 7) is 8.53. The normalized spacial score (nSPS) is 24.3. The van der Waals surface area contributed by atoms with Crippen molar-refractivity contribution >= 4 is 17.5 Å². The van der Waals surface area contributed by atoms with Gasteiger partial charge in [0.15, 0.2) is 0 Å². The van der Waals surface area contributed by atoms with Gasteiger partial charge in [0.1, 0.15) is 5.78 Å². The van der Waals surface area contributed by atoms with Gasteiger partial charge in [0.05, 0.1) is 18.1 Å².